The lowest BCUT2D eigenvalue weighted by Gasteiger charge is -2.26. The molecule has 0 radical (unpaired) electrons. The summed E-state index contributed by atoms with van der Waals surface area (Å²) in [5.41, 5.74) is 8.04. The van der Waals surface area contributed by atoms with Gasteiger partial charge in [-0.05, 0) is 49.5 Å². The molecule has 3 nitrogen and oxygen atoms in total. The number of hydrogen-bond donors (Lipinski definition) is 1. The van der Waals surface area contributed by atoms with Gasteiger partial charge in [-0.25, -0.2) is 4.98 Å². The molecular formula is C14H25N3S. The molecule has 18 heavy (non-hydrogen) atoms. The fraction of sp³-hybridized carbons (Fsp3) is 0.643. The average molecular weight is 267 g/mol. The Morgan fingerprint density at radius 1 is 1.44 bits per heavy atom. The Balaban J connectivity index is 2.86. The highest BCUT2D eigenvalue weighted by Crippen LogP contribution is 2.18. The predicted molar refractivity (Wildman–Crippen MR) is 82.4 cm³/mol. The Hall–Kier alpha value is -0.740. The zero-order valence-corrected chi connectivity index (χ0v) is 12.8. The van der Waals surface area contributed by atoms with E-state index in [0.29, 0.717) is 12.6 Å². The SMILES string of the molecule is CCc1cc(CN)cc(N(C)C(C)CCSC)n1. The number of aromatic nitrogens is 1. The van der Waals surface area contributed by atoms with Crippen LogP contribution in [0.15, 0.2) is 12.1 Å². The number of rotatable bonds is 7. The number of pyridine rings is 1. The summed E-state index contributed by atoms with van der Waals surface area (Å²) in [6, 6.07) is 4.71. The van der Waals surface area contributed by atoms with Crippen LogP contribution in [0.1, 0.15) is 31.5 Å². The standard InChI is InChI=1S/C14H25N3S/c1-5-13-8-12(10-15)9-14(16-13)17(3)11(2)6-7-18-4/h8-9,11H,5-7,10,15H2,1-4H3. The molecule has 1 atom stereocenters. The van der Waals surface area contributed by atoms with E-state index in [4.69, 9.17) is 10.7 Å². The summed E-state index contributed by atoms with van der Waals surface area (Å²) >= 11 is 1.89. The van der Waals surface area contributed by atoms with Crippen molar-refractivity contribution in [1.29, 1.82) is 0 Å². The zero-order chi connectivity index (χ0) is 13.5. The molecule has 0 bridgehead atoms. The molecule has 0 spiro atoms. The van der Waals surface area contributed by atoms with Crippen LogP contribution in [0.4, 0.5) is 5.82 Å². The maximum atomic E-state index is 5.75. The Morgan fingerprint density at radius 3 is 2.72 bits per heavy atom. The van der Waals surface area contributed by atoms with Crippen molar-refractivity contribution in [3.63, 3.8) is 0 Å². The van der Waals surface area contributed by atoms with Crippen LogP contribution in [-0.4, -0.2) is 30.1 Å². The summed E-state index contributed by atoms with van der Waals surface area (Å²) in [7, 11) is 2.12. The van der Waals surface area contributed by atoms with Gasteiger partial charge in [0.25, 0.3) is 0 Å². The van der Waals surface area contributed by atoms with E-state index < -0.39 is 0 Å². The molecule has 0 aliphatic heterocycles. The van der Waals surface area contributed by atoms with Crippen LogP contribution in [0.5, 0.6) is 0 Å². The lowest BCUT2D eigenvalue weighted by molar-refractivity contribution is 0.660. The largest absolute Gasteiger partial charge is 0.357 e. The topological polar surface area (TPSA) is 42.1 Å². The van der Waals surface area contributed by atoms with Crippen molar-refractivity contribution in [2.24, 2.45) is 5.73 Å². The summed E-state index contributed by atoms with van der Waals surface area (Å²) in [6.07, 6.45) is 4.27. The normalized spacial score (nSPS) is 12.5. The predicted octanol–water partition coefficient (Wildman–Crippen LogP) is 2.68. The minimum absolute atomic E-state index is 0.502. The molecule has 4 heteroatoms. The maximum absolute atomic E-state index is 5.75. The number of thioether (sulfide) groups is 1. The summed E-state index contributed by atoms with van der Waals surface area (Å²) < 4.78 is 0. The van der Waals surface area contributed by atoms with E-state index in [1.54, 1.807) is 0 Å². The first-order valence-corrected chi connectivity index (χ1v) is 7.93. The number of aryl methyl sites for hydroxylation is 1. The van der Waals surface area contributed by atoms with Gasteiger partial charge in [-0.15, -0.1) is 0 Å². The molecule has 0 saturated heterocycles. The first-order chi connectivity index (χ1) is 8.62. The van der Waals surface area contributed by atoms with Gasteiger partial charge in [0.1, 0.15) is 5.82 Å². The highest BCUT2D eigenvalue weighted by Gasteiger charge is 2.12. The second kappa shape index (κ2) is 7.64. The lowest BCUT2D eigenvalue weighted by atomic mass is 10.1. The van der Waals surface area contributed by atoms with E-state index in [1.807, 2.05) is 11.8 Å². The van der Waals surface area contributed by atoms with E-state index >= 15 is 0 Å². The highest BCUT2D eigenvalue weighted by atomic mass is 32.2. The smallest absolute Gasteiger partial charge is 0.129 e. The molecule has 1 heterocycles. The average Bonchev–Trinajstić information content (AvgIpc) is 2.43. The monoisotopic (exact) mass is 267 g/mol. The number of nitrogens with two attached hydrogens (primary N) is 1. The molecule has 2 N–H and O–H groups in total. The van der Waals surface area contributed by atoms with Gasteiger partial charge in [0.05, 0.1) is 0 Å². The van der Waals surface area contributed by atoms with Gasteiger partial charge >= 0.3 is 0 Å². The van der Waals surface area contributed by atoms with E-state index in [-0.39, 0.29) is 0 Å². The van der Waals surface area contributed by atoms with Crippen molar-refractivity contribution < 1.29 is 0 Å². The van der Waals surface area contributed by atoms with Crippen molar-refractivity contribution in [2.75, 3.05) is 24.0 Å². The second-order valence-electron chi connectivity index (χ2n) is 4.62. The van der Waals surface area contributed by atoms with Crippen LogP contribution in [-0.2, 0) is 13.0 Å². The van der Waals surface area contributed by atoms with Crippen LogP contribution >= 0.6 is 11.8 Å². The fourth-order valence-electron chi connectivity index (χ4n) is 1.82. The molecule has 1 aromatic rings. The molecular weight excluding hydrogens is 242 g/mol. The molecule has 0 amide bonds. The Kier molecular flexibility index (Phi) is 6.50. The van der Waals surface area contributed by atoms with Gasteiger partial charge in [-0.1, -0.05) is 6.92 Å². The van der Waals surface area contributed by atoms with E-state index in [1.165, 1.54) is 17.7 Å². The third kappa shape index (κ3) is 4.18. The molecule has 0 fully saturated rings. The van der Waals surface area contributed by atoms with Crippen LogP contribution in [0.3, 0.4) is 0 Å². The maximum Gasteiger partial charge on any atom is 0.129 e. The minimum Gasteiger partial charge on any atom is -0.357 e. The quantitative estimate of drug-likeness (QED) is 0.825. The Morgan fingerprint density at radius 2 is 2.17 bits per heavy atom. The summed E-state index contributed by atoms with van der Waals surface area (Å²) in [4.78, 5) is 6.95. The molecule has 102 valence electrons. The third-order valence-corrected chi connectivity index (χ3v) is 3.93. The summed E-state index contributed by atoms with van der Waals surface area (Å²) in [5.74, 6) is 2.23. The van der Waals surface area contributed by atoms with E-state index in [9.17, 15) is 0 Å². The van der Waals surface area contributed by atoms with E-state index in [2.05, 4.69) is 44.2 Å². The first-order valence-electron chi connectivity index (χ1n) is 6.54. The molecule has 0 aliphatic rings. The number of nitrogens with zero attached hydrogens (tertiary/aromatic N) is 2. The lowest BCUT2D eigenvalue weighted by Crippen LogP contribution is -2.30. The third-order valence-electron chi connectivity index (χ3n) is 3.28. The van der Waals surface area contributed by atoms with Crippen LogP contribution in [0.2, 0.25) is 0 Å². The van der Waals surface area contributed by atoms with Gasteiger partial charge in [0.2, 0.25) is 0 Å². The molecule has 0 saturated carbocycles. The summed E-state index contributed by atoms with van der Waals surface area (Å²) in [5, 5.41) is 0. The highest BCUT2D eigenvalue weighted by molar-refractivity contribution is 7.98. The van der Waals surface area contributed by atoms with Crippen molar-refractivity contribution in [2.45, 2.75) is 39.3 Å². The first kappa shape index (κ1) is 15.3. The molecule has 0 aromatic carbocycles. The van der Waals surface area contributed by atoms with Gasteiger partial charge in [-0.2, -0.15) is 11.8 Å². The van der Waals surface area contributed by atoms with Crippen molar-refractivity contribution >= 4 is 17.6 Å². The second-order valence-corrected chi connectivity index (χ2v) is 5.61. The molecule has 1 rings (SSSR count). The number of anilines is 1. The van der Waals surface area contributed by atoms with Crippen molar-refractivity contribution in [1.82, 2.24) is 4.98 Å². The van der Waals surface area contributed by atoms with Crippen LogP contribution in [0.25, 0.3) is 0 Å². The molecule has 1 unspecified atom stereocenters. The summed E-state index contributed by atoms with van der Waals surface area (Å²) in [6.45, 7) is 4.96. The fourth-order valence-corrected chi connectivity index (χ4v) is 2.40. The molecule has 0 aliphatic carbocycles. The van der Waals surface area contributed by atoms with Gasteiger partial charge in [-0.3, -0.25) is 0 Å². The van der Waals surface area contributed by atoms with Gasteiger partial charge in [0.15, 0.2) is 0 Å². The molecule has 1 aromatic heterocycles. The Bertz CT molecular complexity index is 346. The van der Waals surface area contributed by atoms with Crippen molar-refractivity contribution in [3.8, 4) is 0 Å². The number of hydrogen-bond acceptors (Lipinski definition) is 4. The van der Waals surface area contributed by atoms with Crippen LogP contribution in [0, 0.1) is 0 Å². The zero-order valence-electron chi connectivity index (χ0n) is 11.9. The van der Waals surface area contributed by atoms with Crippen LogP contribution < -0.4 is 10.6 Å². The minimum atomic E-state index is 0.502. The van der Waals surface area contributed by atoms with E-state index in [0.717, 1.165) is 17.9 Å². The van der Waals surface area contributed by atoms with Gasteiger partial charge in [0, 0.05) is 25.3 Å². The van der Waals surface area contributed by atoms with Crippen molar-refractivity contribution in [3.05, 3.63) is 23.4 Å². The Labute approximate surface area is 115 Å². The van der Waals surface area contributed by atoms with Gasteiger partial charge < -0.3 is 10.6 Å².